The number of anilines is 2. The van der Waals surface area contributed by atoms with Crippen molar-refractivity contribution in [1.82, 2.24) is 4.31 Å². The first-order valence-corrected chi connectivity index (χ1v) is 12.7. The Balaban J connectivity index is 1.39. The van der Waals surface area contributed by atoms with E-state index < -0.39 is 10.0 Å². The molecule has 1 saturated heterocycles. The van der Waals surface area contributed by atoms with Crippen LogP contribution in [-0.2, 0) is 27.7 Å². The largest absolute Gasteiger partial charge is 0.359 e. The molecule has 6 nitrogen and oxygen atoms in total. The highest BCUT2D eigenvalue weighted by Crippen LogP contribution is 2.34. The Morgan fingerprint density at radius 2 is 1.74 bits per heavy atom. The quantitative estimate of drug-likeness (QED) is 0.734. The van der Waals surface area contributed by atoms with Crippen LogP contribution in [0.2, 0.25) is 0 Å². The molecule has 3 aliphatic heterocycles. The van der Waals surface area contributed by atoms with Crippen LogP contribution in [0.1, 0.15) is 37.3 Å². The van der Waals surface area contributed by atoms with Gasteiger partial charge in [-0.05, 0) is 74.4 Å². The van der Waals surface area contributed by atoms with Crippen molar-refractivity contribution in [3.8, 4) is 0 Å². The van der Waals surface area contributed by atoms with Crippen LogP contribution < -0.4 is 9.80 Å². The number of benzene rings is 2. The van der Waals surface area contributed by atoms with Crippen molar-refractivity contribution in [2.45, 2.75) is 50.0 Å². The summed E-state index contributed by atoms with van der Waals surface area (Å²) in [5.74, 6) is 0.0691. The second-order valence-electron chi connectivity index (χ2n) is 8.86. The van der Waals surface area contributed by atoms with Crippen LogP contribution >= 0.6 is 0 Å². The topological polar surface area (TPSA) is 60.9 Å². The lowest BCUT2D eigenvalue weighted by molar-refractivity contribution is -0.117. The number of nitrogens with zero attached hydrogens (tertiary/aromatic N) is 3. The first kappa shape index (κ1) is 20.5. The minimum absolute atomic E-state index is 0.0691. The highest BCUT2D eigenvalue weighted by molar-refractivity contribution is 7.89. The Kier molecular flexibility index (Phi) is 5.26. The predicted molar refractivity (Wildman–Crippen MR) is 122 cm³/mol. The molecule has 7 heteroatoms. The molecule has 0 N–H and O–H groups in total. The molecule has 0 aromatic heterocycles. The molecule has 1 atom stereocenters. The molecule has 0 aliphatic carbocycles. The van der Waals surface area contributed by atoms with E-state index in [1.807, 2.05) is 23.1 Å². The molecular formula is C24H29N3O3S. The fraction of sp³-hybridized carbons (Fsp3) is 0.458. The molecule has 3 aliphatic rings. The average molecular weight is 440 g/mol. The van der Waals surface area contributed by atoms with Gasteiger partial charge in [-0.3, -0.25) is 4.79 Å². The number of hydrogen-bond acceptors (Lipinski definition) is 4. The van der Waals surface area contributed by atoms with Gasteiger partial charge in [0.1, 0.15) is 0 Å². The molecule has 5 rings (SSSR count). The van der Waals surface area contributed by atoms with E-state index in [0.717, 1.165) is 49.0 Å². The van der Waals surface area contributed by atoms with Crippen molar-refractivity contribution < 1.29 is 13.2 Å². The number of carbonyl (C=O) groups excluding carboxylic acids is 1. The maximum Gasteiger partial charge on any atom is 0.246 e. The Morgan fingerprint density at radius 3 is 2.55 bits per heavy atom. The second-order valence-corrected chi connectivity index (χ2v) is 10.8. The van der Waals surface area contributed by atoms with Crippen LogP contribution in [-0.4, -0.2) is 50.9 Å². The van der Waals surface area contributed by atoms with Gasteiger partial charge in [-0.15, -0.1) is 0 Å². The maximum absolute atomic E-state index is 13.3. The van der Waals surface area contributed by atoms with Gasteiger partial charge in [0.05, 0.1) is 11.4 Å². The first-order valence-electron chi connectivity index (χ1n) is 11.2. The lowest BCUT2D eigenvalue weighted by Gasteiger charge is -2.33. The van der Waals surface area contributed by atoms with E-state index in [4.69, 9.17) is 0 Å². The van der Waals surface area contributed by atoms with E-state index in [9.17, 15) is 13.2 Å². The van der Waals surface area contributed by atoms with Gasteiger partial charge in [0.15, 0.2) is 0 Å². The van der Waals surface area contributed by atoms with Crippen LogP contribution in [0.4, 0.5) is 11.4 Å². The molecule has 3 heterocycles. The number of rotatable bonds is 4. The number of amides is 1. The summed E-state index contributed by atoms with van der Waals surface area (Å²) in [6, 6.07) is 13.9. The number of para-hydroxylation sites is 1. The summed E-state index contributed by atoms with van der Waals surface area (Å²) in [6.45, 7) is 4.37. The van der Waals surface area contributed by atoms with Crippen molar-refractivity contribution in [3.05, 3.63) is 53.6 Å². The van der Waals surface area contributed by atoms with E-state index in [-0.39, 0.29) is 5.91 Å². The van der Waals surface area contributed by atoms with E-state index in [1.54, 1.807) is 16.4 Å². The number of carbonyl (C=O) groups is 1. The lowest BCUT2D eigenvalue weighted by atomic mass is 10.0. The Hall–Kier alpha value is -2.38. The van der Waals surface area contributed by atoms with Gasteiger partial charge in [-0.25, -0.2) is 8.42 Å². The van der Waals surface area contributed by atoms with E-state index in [0.29, 0.717) is 37.1 Å². The summed E-state index contributed by atoms with van der Waals surface area (Å²) < 4.78 is 27.5. The number of sulfonamides is 1. The molecule has 1 amide bonds. The second kappa shape index (κ2) is 7.95. The molecule has 0 spiro atoms. The van der Waals surface area contributed by atoms with Gasteiger partial charge in [0.2, 0.25) is 15.9 Å². The average Bonchev–Trinajstić information content (AvgIpc) is 3.42. The van der Waals surface area contributed by atoms with Crippen molar-refractivity contribution in [1.29, 1.82) is 0 Å². The normalized spacial score (nSPS) is 21.3. The molecule has 1 fully saturated rings. The van der Waals surface area contributed by atoms with Crippen molar-refractivity contribution in [3.63, 3.8) is 0 Å². The summed E-state index contributed by atoms with van der Waals surface area (Å²) in [5.41, 5.74) is 4.25. The Labute approximate surface area is 184 Å². The molecule has 0 unspecified atom stereocenters. The van der Waals surface area contributed by atoms with Crippen LogP contribution in [0.25, 0.3) is 0 Å². The number of fused-ring (bicyclic) bond motifs is 2. The Morgan fingerprint density at radius 1 is 0.968 bits per heavy atom. The van der Waals surface area contributed by atoms with Crippen molar-refractivity contribution in [2.75, 3.05) is 36.0 Å². The van der Waals surface area contributed by atoms with Crippen molar-refractivity contribution >= 4 is 27.3 Å². The third-order valence-corrected chi connectivity index (χ3v) is 8.72. The SMILES string of the molecule is C[C@H]1Cc2ccccc2N1CC(=O)N1CCCc2cc(S(=O)(=O)N3CCCC3)ccc21. The number of hydrogen-bond donors (Lipinski definition) is 0. The predicted octanol–water partition coefficient (Wildman–Crippen LogP) is 3.20. The fourth-order valence-corrected chi connectivity index (χ4v) is 6.74. The molecule has 0 saturated carbocycles. The van der Waals surface area contributed by atoms with Gasteiger partial charge < -0.3 is 9.80 Å². The summed E-state index contributed by atoms with van der Waals surface area (Å²) in [7, 11) is -3.45. The van der Waals surface area contributed by atoms with Gasteiger partial charge >= 0.3 is 0 Å². The molecule has 31 heavy (non-hydrogen) atoms. The molecule has 2 aromatic rings. The van der Waals surface area contributed by atoms with Crippen LogP contribution in [0.3, 0.4) is 0 Å². The van der Waals surface area contributed by atoms with Crippen molar-refractivity contribution in [2.24, 2.45) is 0 Å². The molecule has 2 aromatic carbocycles. The zero-order valence-electron chi connectivity index (χ0n) is 18.0. The molecule has 0 radical (unpaired) electrons. The molecule has 0 bridgehead atoms. The van der Waals surface area contributed by atoms with Gasteiger partial charge in [0.25, 0.3) is 0 Å². The maximum atomic E-state index is 13.3. The van der Waals surface area contributed by atoms with E-state index in [2.05, 4.69) is 24.0 Å². The van der Waals surface area contributed by atoms with Crippen LogP contribution in [0, 0.1) is 0 Å². The van der Waals surface area contributed by atoms with E-state index >= 15 is 0 Å². The summed E-state index contributed by atoms with van der Waals surface area (Å²) in [5, 5.41) is 0. The zero-order valence-corrected chi connectivity index (χ0v) is 18.8. The first-order chi connectivity index (χ1) is 14.9. The van der Waals surface area contributed by atoms with Gasteiger partial charge in [-0.2, -0.15) is 4.31 Å². The van der Waals surface area contributed by atoms with Crippen LogP contribution in [0.15, 0.2) is 47.4 Å². The fourth-order valence-electron chi connectivity index (χ4n) is 5.17. The van der Waals surface area contributed by atoms with Crippen LogP contribution in [0.5, 0.6) is 0 Å². The highest BCUT2D eigenvalue weighted by atomic mass is 32.2. The lowest BCUT2D eigenvalue weighted by Crippen LogP contribution is -2.44. The summed E-state index contributed by atoms with van der Waals surface area (Å²) in [4.78, 5) is 17.7. The van der Waals surface area contributed by atoms with Gasteiger partial charge in [0, 0.05) is 37.1 Å². The standard InChI is InChI=1S/C24H29N3O3S/c1-18-15-19-7-2-3-9-22(19)27(18)17-24(28)26-14-6-8-20-16-21(10-11-23(20)26)31(29,30)25-12-4-5-13-25/h2-3,7,9-11,16,18H,4-6,8,12-15,17H2,1H3/t18-/m0/s1. The van der Waals surface area contributed by atoms with E-state index in [1.165, 1.54) is 5.56 Å². The molecular weight excluding hydrogens is 410 g/mol. The minimum atomic E-state index is -3.45. The smallest absolute Gasteiger partial charge is 0.246 e. The minimum Gasteiger partial charge on any atom is -0.359 e. The Bertz CT molecular complexity index is 1110. The zero-order chi connectivity index (χ0) is 21.6. The number of aryl methyl sites for hydroxylation is 1. The third kappa shape index (κ3) is 3.64. The highest BCUT2D eigenvalue weighted by Gasteiger charge is 2.32. The van der Waals surface area contributed by atoms with Gasteiger partial charge in [-0.1, -0.05) is 18.2 Å². The summed E-state index contributed by atoms with van der Waals surface area (Å²) >= 11 is 0. The monoisotopic (exact) mass is 439 g/mol. The third-order valence-electron chi connectivity index (χ3n) is 6.83. The summed E-state index contributed by atoms with van der Waals surface area (Å²) in [6.07, 6.45) is 4.44. The molecule has 164 valence electrons.